The molecule has 4 rings (SSSR count). The number of H-pyrrole nitrogens is 1. The van der Waals surface area contributed by atoms with Crippen molar-refractivity contribution in [3.05, 3.63) is 53.0 Å². The summed E-state index contributed by atoms with van der Waals surface area (Å²) in [6.45, 7) is 1.92. The van der Waals surface area contributed by atoms with Crippen molar-refractivity contribution < 1.29 is 9.21 Å². The molecule has 0 unspecified atom stereocenters. The van der Waals surface area contributed by atoms with Crippen LogP contribution < -0.4 is 5.32 Å². The highest BCUT2D eigenvalue weighted by atomic mass is 32.2. The Bertz CT molecular complexity index is 1020. The van der Waals surface area contributed by atoms with E-state index in [-0.39, 0.29) is 5.91 Å². The van der Waals surface area contributed by atoms with Gasteiger partial charge in [0.25, 0.3) is 5.91 Å². The first-order chi connectivity index (χ1) is 12.2. The van der Waals surface area contributed by atoms with Crippen molar-refractivity contribution >= 4 is 45.7 Å². The van der Waals surface area contributed by atoms with Crippen LogP contribution in [0.2, 0.25) is 0 Å². The monoisotopic (exact) mass is 371 g/mol. The first-order valence-corrected chi connectivity index (χ1v) is 9.24. The van der Waals surface area contributed by atoms with E-state index in [4.69, 9.17) is 4.42 Å². The van der Waals surface area contributed by atoms with Crippen molar-refractivity contribution in [3.63, 3.8) is 0 Å². The van der Waals surface area contributed by atoms with E-state index in [9.17, 15) is 4.79 Å². The van der Waals surface area contributed by atoms with Crippen molar-refractivity contribution in [3.8, 4) is 0 Å². The zero-order valence-electron chi connectivity index (χ0n) is 13.1. The number of aromatic nitrogens is 4. The lowest BCUT2D eigenvalue weighted by Crippen LogP contribution is -2.12. The molecule has 3 heterocycles. The van der Waals surface area contributed by atoms with E-state index in [2.05, 4.69) is 25.7 Å². The van der Waals surface area contributed by atoms with Gasteiger partial charge in [-0.1, -0.05) is 41.3 Å². The first kappa shape index (κ1) is 15.9. The Balaban J connectivity index is 1.66. The summed E-state index contributed by atoms with van der Waals surface area (Å²) < 4.78 is 6.68. The van der Waals surface area contributed by atoms with Crippen molar-refractivity contribution in [2.75, 3.05) is 5.32 Å². The molecule has 0 saturated carbocycles. The number of thioether (sulfide) groups is 1. The average Bonchev–Trinajstić information content (AvgIpc) is 3.33. The van der Waals surface area contributed by atoms with Crippen molar-refractivity contribution in [2.24, 2.45) is 0 Å². The number of benzene rings is 1. The Morgan fingerprint density at radius 1 is 1.36 bits per heavy atom. The van der Waals surface area contributed by atoms with Crippen LogP contribution in [0.15, 0.2) is 45.4 Å². The summed E-state index contributed by atoms with van der Waals surface area (Å²) in [6.07, 6.45) is 3.15. The lowest BCUT2D eigenvalue weighted by Gasteiger charge is -2.02. The maximum Gasteiger partial charge on any atom is 0.291 e. The van der Waals surface area contributed by atoms with E-state index in [1.807, 2.05) is 31.2 Å². The minimum Gasteiger partial charge on any atom is -0.451 e. The normalized spacial score (nSPS) is 11.1. The van der Waals surface area contributed by atoms with Gasteiger partial charge in [-0.2, -0.15) is 5.10 Å². The quantitative estimate of drug-likeness (QED) is 0.517. The molecular formula is C16H13N5O2S2. The van der Waals surface area contributed by atoms with Gasteiger partial charge in [0.2, 0.25) is 0 Å². The van der Waals surface area contributed by atoms with Crippen LogP contribution in [0.25, 0.3) is 11.0 Å². The molecule has 0 aliphatic carbocycles. The van der Waals surface area contributed by atoms with Crippen LogP contribution in [-0.2, 0) is 5.75 Å². The predicted octanol–water partition coefficient (Wildman–Crippen LogP) is 3.86. The molecule has 0 fully saturated rings. The average molecular weight is 371 g/mol. The Morgan fingerprint density at radius 2 is 2.24 bits per heavy atom. The fourth-order valence-electron chi connectivity index (χ4n) is 2.40. The van der Waals surface area contributed by atoms with Crippen LogP contribution in [0.4, 0.5) is 5.69 Å². The molecule has 0 aliphatic rings. The molecule has 25 heavy (non-hydrogen) atoms. The largest absolute Gasteiger partial charge is 0.451 e. The van der Waals surface area contributed by atoms with E-state index in [0.717, 1.165) is 20.3 Å². The number of carbonyl (C=O) groups excluding carboxylic acids is 1. The van der Waals surface area contributed by atoms with Crippen LogP contribution in [0, 0.1) is 6.92 Å². The van der Waals surface area contributed by atoms with Gasteiger partial charge >= 0.3 is 0 Å². The van der Waals surface area contributed by atoms with Crippen LogP contribution in [0.3, 0.4) is 0 Å². The SMILES string of the molecule is Cc1nnc(SCc2c(C(=O)Nc3cn[nH]c3)oc3ccccc23)s1. The van der Waals surface area contributed by atoms with E-state index in [1.165, 1.54) is 23.1 Å². The van der Waals surface area contributed by atoms with Crippen molar-refractivity contribution in [1.29, 1.82) is 0 Å². The topological polar surface area (TPSA) is 96.7 Å². The van der Waals surface area contributed by atoms with Gasteiger partial charge in [-0.15, -0.1) is 10.2 Å². The molecule has 0 bridgehead atoms. The van der Waals surface area contributed by atoms with E-state index in [1.54, 1.807) is 12.4 Å². The molecule has 0 saturated heterocycles. The Labute approximate surface area is 150 Å². The molecule has 4 aromatic rings. The number of nitrogens with one attached hydrogen (secondary N) is 2. The van der Waals surface area contributed by atoms with Crippen LogP contribution >= 0.6 is 23.1 Å². The van der Waals surface area contributed by atoms with Crippen LogP contribution in [-0.4, -0.2) is 26.3 Å². The van der Waals surface area contributed by atoms with Gasteiger partial charge in [0, 0.05) is 22.9 Å². The number of fused-ring (bicyclic) bond motifs is 1. The molecule has 0 radical (unpaired) electrons. The van der Waals surface area contributed by atoms with E-state index >= 15 is 0 Å². The standard InChI is InChI=1S/C16H13N5O2S2/c1-9-20-21-16(25-9)24-8-12-11-4-2-3-5-13(11)23-14(12)15(22)19-10-6-17-18-7-10/h2-7H,8H2,1H3,(H,17,18)(H,19,22). The second-order valence-corrected chi connectivity index (χ2v) is 7.63. The second kappa shape index (κ2) is 6.69. The van der Waals surface area contributed by atoms with Gasteiger partial charge in [0.05, 0.1) is 11.9 Å². The van der Waals surface area contributed by atoms with Gasteiger partial charge in [-0.05, 0) is 13.0 Å². The summed E-state index contributed by atoms with van der Waals surface area (Å²) in [5, 5.41) is 19.2. The van der Waals surface area contributed by atoms with E-state index in [0.29, 0.717) is 22.8 Å². The van der Waals surface area contributed by atoms with Gasteiger partial charge in [-0.3, -0.25) is 9.89 Å². The molecule has 0 aliphatic heterocycles. The fraction of sp³-hybridized carbons (Fsp3) is 0.125. The van der Waals surface area contributed by atoms with Gasteiger partial charge in [0.1, 0.15) is 10.6 Å². The summed E-state index contributed by atoms with van der Waals surface area (Å²) in [4.78, 5) is 12.6. The fourth-order valence-corrected chi connectivity index (χ4v) is 4.25. The molecular weight excluding hydrogens is 358 g/mol. The number of rotatable bonds is 5. The molecule has 3 aromatic heterocycles. The Hall–Kier alpha value is -2.65. The number of anilines is 1. The number of hydrogen-bond acceptors (Lipinski definition) is 7. The minimum atomic E-state index is -0.304. The van der Waals surface area contributed by atoms with Gasteiger partial charge in [-0.25, -0.2) is 0 Å². The number of aryl methyl sites for hydroxylation is 1. The number of aromatic amines is 1. The maximum atomic E-state index is 12.6. The highest BCUT2D eigenvalue weighted by Gasteiger charge is 2.21. The van der Waals surface area contributed by atoms with Crippen LogP contribution in [0.5, 0.6) is 0 Å². The highest BCUT2D eigenvalue weighted by molar-refractivity contribution is 8.00. The van der Waals surface area contributed by atoms with Crippen molar-refractivity contribution in [1.82, 2.24) is 20.4 Å². The van der Waals surface area contributed by atoms with Crippen LogP contribution in [0.1, 0.15) is 21.1 Å². The zero-order chi connectivity index (χ0) is 17.2. The third-order valence-corrected chi connectivity index (χ3v) is 5.51. The lowest BCUT2D eigenvalue weighted by molar-refractivity contribution is 0.0998. The number of nitrogens with zero attached hydrogens (tertiary/aromatic N) is 3. The summed E-state index contributed by atoms with van der Waals surface area (Å²) in [7, 11) is 0. The third kappa shape index (κ3) is 3.28. The van der Waals surface area contributed by atoms with Gasteiger partial charge < -0.3 is 9.73 Å². The summed E-state index contributed by atoms with van der Waals surface area (Å²) in [5.74, 6) is 0.567. The maximum absolute atomic E-state index is 12.6. The summed E-state index contributed by atoms with van der Waals surface area (Å²) >= 11 is 3.07. The molecule has 126 valence electrons. The molecule has 2 N–H and O–H groups in total. The van der Waals surface area contributed by atoms with Crippen molar-refractivity contribution in [2.45, 2.75) is 17.0 Å². The number of hydrogen-bond donors (Lipinski definition) is 2. The van der Waals surface area contributed by atoms with Gasteiger partial charge in [0.15, 0.2) is 10.1 Å². The smallest absolute Gasteiger partial charge is 0.291 e. The molecule has 9 heteroatoms. The summed E-state index contributed by atoms with van der Waals surface area (Å²) in [6, 6.07) is 7.62. The number of furan rings is 1. The highest BCUT2D eigenvalue weighted by Crippen LogP contribution is 2.33. The molecule has 7 nitrogen and oxygen atoms in total. The Kier molecular flexibility index (Phi) is 4.24. The Morgan fingerprint density at radius 3 is 3.00 bits per heavy atom. The molecule has 0 spiro atoms. The summed E-state index contributed by atoms with van der Waals surface area (Å²) in [5.41, 5.74) is 2.11. The first-order valence-electron chi connectivity index (χ1n) is 7.44. The number of carbonyl (C=O) groups is 1. The number of amides is 1. The third-order valence-electron chi connectivity index (χ3n) is 3.51. The second-order valence-electron chi connectivity index (χ2n) is 5.22. The molecule has 0 atom stereocenters. The number of para-hydroxylation sites is 1. The predicted molar refractivity (Wildman–Crippen MR) is 97.0 cm³/mol. The van der Waals surface area contributed by atoms with E-state index < -0.39 is 0 Å². The zero-order valence-corrected chi connectivity index (χ0v) is 14.8. The molecule has 1 aromatic carbocycles. The molecule has 1 amide bonds. The lowest BCUT2D eigenvalue weighted by atomic mass is 10.1. The minimum absolute atomic E-state index is 0.302.